The van der Waals surface area contributed by atoms with Crippen molar-refractivity contribution in [2.24, 2.45) is 17.6 Å². The Morgan fingerprint density at radius 2 is 2.06 bits per heavy atom. The fourth-order valence-corrected chi connectivity index (χ4v) is 3.12. The monoisotopic (exact) mass is 275 g/mol. The molecule has 18 heavy (non-hydrogen) atoms. The number of hydrogen-bond donors (Lipinski definition) is 1. The van der Waals surface area contributed by atoms with Gasteiger partial charge in [-0.2, -0.15) is 0 Å². The molecular formula is C13H26ClN3O. The van der Waals surface area contributed by atoms with Crippen LogP contribution in [0.4, 0.5) is 0 Å². The first-order valence-corrected chi connectivity index (χ1v) is 6.72. The van der Waals surface area contributed by atoms with Crippen molar-refractivity contribution in [3.8, 4) is 0 Å². The van der Waals surface area contributed by atoms with Gasteiger partial charge in [0.25, 0.3) is 0 Å². The number of rotatable bonds is 3. The second-order valence-electron chi connectivity index (χ2n) is 5.96. The summed E-state index contributed by atoms with van der Waals surface area (Å²) in [7, 11) is 1.88. The molecule has 4 nitrogen and oxygen atoms in total. The van der Waals surface area contributed by atoms with Gasteiger partial charge < -0.3 is 10.6 Å². The van der Waals surface area contributed by atoms with Crippen molar-refractivity contribution in [3.05, 3.63) is 0 Å². The Morgan fingerprint density at radius 3 is 2.61 bits per heavy atom. The number of carbonyl (C=O) groups excluding carboxylic acids is 1. The predicted molar refractivity (Wildman–Crippen MR) is 75.8 cm³/mol. The Labute approximate surface area is 116 Å². The van der Waals surface area contributed by atoms with Gasteiger partial charge in [-0.05, 0) is 38.5 Å². The summed E-state index contributed by atoms with van der Waals surface area (Å²) in [6.45, 7) is 6.74. The van der Waals surface area contributed by atoms with Crippen molar-refractivity contribution in [2.75, 3.05) is 26.7 Å². The second kappa shape index (κ2) is 6.22. The average molecular weight is 276 g/mol. The van der Waals surface area contributed by atoms with Gasteiger partial charge in [0.15, 0.2) is 0 Å². The van der Waals surface area contributed by atoms with Crippen LogP contribution in [0.3, 0.4) is 0 Å². The van der Waals surface area contributed by atoms with Crippen LogP contribution in [-0.4, -0.2) is 54.5 Å². The molecule has 3 atom stereocenters. The Balaban J connectivity index is 0.00000162. The van der Waals surface area contributed by atoms with Gasteiger partial charge >= 0.3 is 0 Å². The molecule has 1 aliphatic carbocycles. The molecule has 1 saturated heterocycles. The molecule has 2 rings (SSSR count). The molecule has 0 bridgehead atoms. The second-order valence-corrected chi connectivity index (χ2v) is 5.96. The third-order valence-electron chi connectivity index (χ3n) is 4.51. The minimum atomic E-state index is 0. The molecule has 0 spiro atoms. The van der Waals surface area contributed by atoms with E-state index in [-0.39, 0.29) is 24.4 Å². The van der Waals surface area contributed by atoms with Gasteiger partial charge in [-0.15, -0.1) is 12.4 Å². The molecule has 1 heterocycles. The third-order valence-corrected chi connectivity index (χ3v) is 4.51. The summed E-state index contributed by atoms with van der Waals surface area (Å²) in [5.41, 5.74) is 6.10. The molecule has 1 aliphatic heterocycles. The lowest BCUT2D eigenvalue weighted by Crippen LogP contribution is -2.41. The van der Waals surface area contributed by atoms with Crippen LogP contribution >= 0.6 is 12.4 Å². The number of fused-ring (bicyclic) bond motifs is 1. The van der Waals surface area contributed by atoms with Crippen molar-refractivity contribution in [1.82, 2.24) is 9.80 Å². The van der Waals surface area contributed by atoms with Crippen LogP contribution in [0.15, 0.2) is 0 Å². The van der Waals surface area contributed by atoms with Crippen molar-refractivity contribution >= 4 is 18.3 Å². The highest BCUT2D eigenvalue weighted by Crippen LogP contribution is 2.36. The zero-order valence-electron chi connectivity index (χ0n) is 11.6. The maximum atomic E-state index is 12.0. The first-order valence-electron chi connectivity index (χ1n) is 6.72. The average Bonchev–Trinajstić information content (AvgIpc) is 2.80. The summed E-state index contributed by atoms with van der Waals surface area (Å²) in [4.78, 5) is 16.1. The maximum Gasteiger partial charge on any atom is 0.236 e. The number of nitrogens with zero attached hydrogens (tertiary/aromatic N) is 2. The highest BCUT2D eigenvalue weighted by atomic mass is 35.5. The first kappa shape index (κ1) is 15.7. The zero-order valence-corrected chi connectivity index (χ0v) is 12.4. The number of nitrogens with two attached hydrogens (primary N) is 1. The van der Waals surface area contributed by atoms with Crippen LogP contribution in [0, 0.1) is 11.8 Å². The van der Waals surface area contributed by atoms with Crippen molar-refractivity contribution in [1.29, 1.82) is 0 Å². The van der Waals surface area contributed by atoms with E-state index in [1.54, 1.807) is 0 Å². The van der Waals surface area contributed by atoms with E-state index in [1.807, 2.05) is 25.8 Å². The van der Waals surface area contributed by atoms with Crippen molar-refractivity contribution < 1.29 is 4.79 Å². The number of amides is 1. The lowest BCUT2D eigenvalue weighted by molar-refractivity contribution is -0.132. The quantitative estimate of drug-likeness (QED) is 0.834. The molecule has 0 aromatic rings. The Hall–Kier alpha value is -0.320. The normalized spacial score (nSPS) is 31.3. The first-order chi connectivity index (χ1) is 7.99. The molecule has 2 N–H and O–H groups in total. The van der Waals surface area contributed by atoms with Crippen LogP contribution in [0.1, 0.15) is 26.7 Å². The van der Waals surface area contributed by atoms with Gasteiger partial charge in [-0.1, -0.05) is 0 Å². The van der Waals surface area contributed by atoms with Crippen LogP contribution < -0.4 is 5.73 Å². The highest BCUT2D eigenvalue weighted by Gasteiger charge is 2.41. The van der Waals surface area contributed by atoms with Crippen LogP contribution in [0.5, 0.6) is 0 Å². The molecule has 2 fully saturated rings. The smallest absolute Gasteiger partial charge is 0.236 e. The number of halogens is 1. The summed E-state index contributed by atoms with van der Waals surface area (Å²) in [5.74, 6) is 1.60. The van der Waals surface area contributed by atoms with Gasteiger partial charge in [0.2, 0.25) is 5.91 Å². The lowest BCUT2D eigenvalue weighted by Gasteiger charge is -2.25. The van der Waals surface area contributed by atoms with Gasteiger partial charge in [-0.3, -0.25) is 9.69 Å². The molecule has 5 heteroatoms. The number of hydrogen-bond acceptors (Lipinski definition) is 3. The predicted octanol–water partition coefficient (Wildman–Crippen LogP) is 0.944. The van der Waals surface area contributed by atoms with E-state index < -0.39 is 0 Å². The minimum Gasteiger partial charge on any atom is -0.342 e. The van der Waals surface area contributed by atoms with Gasteiger partial charge in [0, 0.05) is 32.2 Å². The summed E-state index contributed by atoms with van der Waals surface area (Å²) >= 11 is 0. The molecule has 0 radical (unpaired) electrons. The van der Waals surface area contributed by atoms with Crippen molar-refractivity contribution in [2.45, 2.75) is 38.8 Å². The van der Waals surface area contributed by atoms with Gasteiger partial charge in [0.1, 0.15) is 0 Å². The molecule has 0 aromatic carbocycles. The highest BCUT2D eigenvalue weighted by molar-refractivity contribution is 5.85. The zero-order chi connectivity index (χ0) is 12.6. The Morgan fingerprint density at radius 1 is 1.39 bits per heavy atom. The molecule has 106 valence electrons. The summed E-state index contributed by atoms with van der Waals surface area (Å²) in [5, 5.41) is 0. The van der Waals surface area contributed by atoms with Crippen molar-refractivity contribution in [3.63, 3.8) is 0 Å². The van der Waals surface area contributed by atoms with Crippen LogP contribution in [0.25, 0.3) is 0 Å². The SMILES string of the molecule is CC(C)N(C)C(=O)CN1CC2CCC(N)C2C1.Cl. The number of likely N-dealkylation sites (N-methyl/N-ethyl adjacent to an activating group) is 1. The minimum absolute atomic E-state index is 0. The van der Waals surface area contributed by atoms with E-state index in [4.69, 9.17) is 5.73 Å². The fourth-order valence-electron chi connectivity index (χ4n) is 3.12. The summed E-state index contributed by atoms with van der Waals surface area (Å²) in [6, 6.07) is 0.648. The lowest BCUT2D eigenvalue weighted by atomic mass is 9.98. The van der Waals surface area contributed by atoms with E-state index >= 15 is 0 Å². The number of carbonyl (C=O) groups is 1. The molecule has 1 saturated carbocycles. The third kappa shape index (κ3) is 3.16. The van der Waals surface area contributed by atoms with Crippen LogP contribution in [-0.2, 0) is 4.79 Å². The molecule has 0 aromatic heterocycles. The number of likely N-dealkylation sites (tertiary alicyclic amines) is 1. The molecule has 1 amide bonds. The van der Waals surface area contributed by atoms with E-state index in [0.717, 1.165) is 19.0 Å². The summed E-state index contributed by atoms with van der Waals surface area (Å²) in [6.07, 6.45) is 2.42. The largest absolute Gasteiger partial charge is 0.342 e. The summed E-state index contributed by atoms with van der Waals surface area (Å²) < 4.78 is 0. The Kier molecular flexibility index (Phi) is 5.44. The van der Waals surface area contributed by atoms with Gasteiger partial charge in [-0.25, -0.2) is 0 Å². The van der Waals surface area contributed by atoms with Gasteiger partial charge in [0.05, 0.1) is 6.54 Å². The van der Waals surface area contributed by atoms with E-state index in [0.29, 0.717) is 18.5 Å². The van der Waals surface area contributed by atoms with E-state index in [2.05, 4.69) is 4.90 Å². The molecular weight excluding hydrogens is 250 g/mol. The standard InChI is InChI=1S/C13H25N3O.ClH/c1-9(2)15(3)13(17)8-16-6-10-4-5-12(14)11(10)7-16;/h9-12H,4-8,14H2,1-3H3;1H. The fraction of sp³-hybridized carbons (Fsp3) is 0.923. The van der Waals surface area contributed by atoms with E-state index in [1.165, 1.54) is 12.8 Å². The maximum absolute atomic E-state index is 12.0. The molecule has 3 unspecified atom stereocenters. The molecule has 2 aliphatic rings. The van der Waals surface area contributed by atoms with E-state index in [9.17, 15) is 4.79 Å². The topological polar surface area (TPSA) is 49.6 Å². The Bertz CT molecular complexity index is 298. The van der Waals surface area contributed by atoms with Crippen LogP contribution in [0.2, 0.25) is 0 Å².